The second kappa shape index (κ2) is 6.29. The predicted molar refractivity (Wildman–Crippen MR) is 81.3 cm³/mol. The van der Waals surface area contributed by atoms with Crippen molar-refractivity contribution in [3.63, 3.8) is 0 Å². The largest absolute Gasteiger partial charge is 0.391 e. The van der Waals surface area contributed by atoms with E-state index in [1.165, 1.54) is 12.8 Å². The lowest BCUT2D eigenvalue weighted by atomic mass is 9.91. The quantitative estimate of drug-likeness (QED) is 0.908. The van der Waals surface area contributed by atoms with E-state index in [1.807, 2.05) is 12.1 Å². The Morgan fingerprint density at radius 3 is 2.50 bits per heavy atom. The molecule has 110 valence electrons. The Morgan fingerprint density at radius 2 is 1.85 bits per heavy atom. The van der Waals surface area contributed by atoms with Gasteiger partial charge in [0.25, 0.3) is 0 Å². The highest BCUT2D eigenvalue weighted by molar-refractivity contribution is 6.30. The first-order chi connectivity index (χ1) is 9.74. The number of pyridine rings is 1. The molecule has 0 spiro atoms. The average Bonchev–Trinajstić information content (AvgIpc) is 2.49. The first-order valence-electron chi connectivity index (χ1n) is 7.52. The van der Waals surface area contributed by atoms with Crippen LogP contribution in [-0.2, 0) is 0 Å². The van der Waals surface area contributed by atoms with Crippen LogP contribution in [0.2, 0.25) is 5.02 Å². The van der Waals surface area contributed by atoms with Gasteiger partial charge in [-0.1, -0.05) is 24.4 Å². The molecule has 1 N–H and O–H groups in total. The highest BCUT2D eigenvalue weighted by Gasteiger charge is 2.30. The fourth-order valence-electron chi connectivity index (χ4n) is 3.36. The van der Waals surface area contributed by atoms with E-state index in [-0.39, 0.29) is 6.10 Å². The minimum absolute atomic E-state index is 0.135. The van der Waals surface area contributed by atoms with Crippen LogP contribution in [0.5, 0.6) is 0 Å². The Morgan fingerprint density at radius 1 is 1.10 bits per heavy atom. The smallest absolute Gasteiger partial charge is 0.128 e. The highest BCUT2D eigenvalue weighted by atomic mass is 35.5. The zero-order chi connectivity index (χ0) is 13.9. The van der Waals surface area contributed by atoms with Gasteiger partial charge in [0.2, 0.25) is 0 Å². The van der Waals surface area contributed by atoms with Crippen molar-refractivity contribution >= 4 is 17.4 Å². The summed E-state index contributed by atoms with van der Waals surface area (Å²) in [6.07, 6.45) is 6.09. The second-order valence-electron chi connectivity index (χ2n) is 5.78. The molecule has 1 aliphatic carbocycles. The van der Waals surface area contributed by atoms with Crippen molar-refractivity contribution in [2.24, 2.45) is 0 Å². The van der Waals surface area contributed by atoms with Crippen molar-refractivity contribution in [1.82, 2.24) is 9.88 Å². The van der Waals surface area contributed by atoms with E-state index in [0.29, 0.717) is 11.1 Å². The number of halogens is 1. The number of hydrogen-bond acceptors (Lipinski definition) is 4. The van der Waals surface area contributed by atoms with Crippen LogP contribution in [0.1, 0.15) is 25.7 Å². The van der Waals surface area contributed by atoms with Gasteiger partial charge >= 0.3 is 0 Å². The number of rotatable bonds is 2. The summed E-state index contributed by atoms with van der Waals surface area (Å²) >= 11 is 5.87. The Labute approximate surface area is 125 Å². The number of nitrogens with zero attached hydrogens (tertiary/aromatic N) is 3. The third-order valence-corrected chi connectivity index (χ3v) is 4.74. The third-order valence-electron chi connectivity index (χ3n) is 4.51. The van der Waals surface area contributed by atoms with E-state index in [2.05, 4.69) is 14.8 Å². The normalized spacial score (nSPS) is 28.6. The first-order valence-corrected chi connectivity index (χ1v) is 7.90. The fourth-order valence-corrected chi connectivity index (χ4v) is 3.47. The summed E-state index contributed by atoms with van der Waals surface area (Å²) in [6.45, 7) is 3.95. The van der Waals surface area contributed by atoms with Crippen molar-refractivity contribution in [2.75, 3.05) is 31.1 Å². The molecular formula is C15H22ClN3O. The number of piperazine rings is 1. The molecule has 2 unspecified atom stereocenters. The van der Waals surface area contributed by atoms with Crippen LogP contribution >= 0.6 is 11.6 Å². The van der Waals surface area contributed by atoms with Gasteiger partial charge in [-0.15, -0.1) is 0 Å². The monoisotopic (exact) mass is 295 g/mol. The van der Waals surface area contributed by atoms with Crippen molar-refractivity contribution < 1.29 is 5.11 Å². The van der Waals surface area contributed by atoms with E-state index in [1.54, 1.807) is 6.20 Å². The number of hydrogen-bond donors (Lipinski definition) is 1. The Balaban J connectivity index is 1.57. The van der Waals surface area contributed by atoms with Gasteiger partial charge in [0.15, 0.2) is 0 Å². The molecule has 5 heteroatoms. The molecule has 1 saturated carbocycles. The maximum absolute atomic E-state index is 10.2. The lowest BCUT2D eigenvalue weighted by molar-refractivity contribution is 0.0172. The molecule has 1 aromatic rings. The summed E-state index contributed by atoms with van der Waals surface area (Å²) < 4.78 is 0. The fraction of sp³-hybridized carbons (Fsp3) is 0.667. The topological polar surface area (TPSA) is 39.6 Å². The van der Waals surface area contributed by atoms with E-state index >= 15 is 0 Å². The lowest BCUT2D eigenvalue weighted by Gasteiger charge is -2.43. The molecular weight excluding hydrogens is 274 g/mol. The maximum Gasteiger partial charge on any atom is 0.128 e. The number of anilines is 1. The van der Waals surface area contributed by atoms with Crippen molar-refractivity contribution in [1.29, 1.82) is 0 Å². The molecule has 1 saturated heterocycles. The number of aromatic nitrogens is 1. The van der Waals surface area contributed by atoms with Gasteiger partial charge in [-0.25, -0.2) is 4.98 Å². The summed E-state index contributed by atoms with van der Waals surface area (Å²) in [5, 5.41) is 10.8. The molecule has 0 amide bonds. The van der Waals surface area contributed by atoms with Gasteiger partial charge in [-0.2, -0.15) is 0 Å². The van der Waals surface area contributed by atoms with Gasteiger partial charge in [0.1, 0.15) is 5.82 Å². The average molecular weight is 296 g/mol. The van der Waals surface area contributed by atoms with Gasteiger partial charge in [-0.3, -0.25) is 4.90 Å². The molecule has 0 radical (unpaired) electrons. The number of aliphatic hydroxyl groups is 1. The van der Waals surface area contributed by atoms with Gasteiger partial charge in [0.05, 0.1) is 11.1 Å². The Bertz CT molecular complexity index is 431. The zero-order valence-electron chi connectivity index (χ0n) is 11.7. The predicted octanol–water partition coefficient (Wildman–Crippen LogP) is 2.16. The van der Waals surface area contributed by atoms with Crippen molar-refractivity contribution in [3.05, 3.63) is 23.4 Å². The standard InChI is InChI=1S/C15H22ClN3O/c16-12-5-6-15(17-11-12)19-9-7-18(8-10-19)13-3-1-2-4-14(13)20/h5-6,11,13-14,20H,1-4,7-10H2. The van der Waals surface area contributed by atoms with Crippen molar-refractivity contribution in [3.8, 4) is 0 Å². The number of aliphatic hydroxyl groups excluding tert-OH is 1. The van der Waals surface area contributed by atoms with Crippen molar-refractivity contribution in [2.45, 2.75) is 37.8 Å². The molecule has 1 aliphatic heterocycles. The highest BCUT2D eigenvalue weighted by Crippen LogP contribution is 2.25. The lowest BCUT2D eigenvalue weighted by Crippen LogP contribution is -2.54. The first kappa shape index (κ1) is 14.1. The summed E-state index contributed by atoms with van der Waals surface area (Å²) in [5.41, 5.74) is 0. The van der Waals surface area contributed by atoms with Gasteiger partial charge < -0.3 is 10.0 Å². The maximum atomic E-state index is 10.2. The van der Waals surface area contributed by atoms with E-state index in [9.17, 15) is 5.11 Å². The van der Waals surface area contributed by atoms with Crippen LogP contribution in [-0.4, -0.2) is 53.3 Å². The summed E-state index contributed by atoms with van der Waals surface area (Å²) in [5.74, 6) is 0.998. The van der Waals surface area contributed by atoms with E-state index < -0.39 is 0 Å². The molecule has 20 heavy (non-hydrogen) atoms. The van der Waals surface area contributed by atoms with Crippen LogP contribution in [0.4, 0.5) is 5.82 Å². The van der Waals surface area contributed by atoms with Crippen LogP contribution in [0, 0.1) is 0 Å². The van der Waals surface area contributed by atoms with Crippen LogP contribution in [0.3, 0.4) is 0 Å². The molecule has 2 aliphatic rings. The van der Waals surface area contributed by atoms with Crippen LogP contribution in [0.25, 0.3) is 0 Å². The van der Waals surface area contributed by atoms with Gasteiger partial charge in [-0.05, 0) is 25.0 Å². The molecule has 0 bridgehead atoms. The molecule has 0 aromatic carbocycles. The zero-order valence-corrected chi connectivity index (χ0v) is 12.5. The molecule has 2 fully saturated rings. The summed E-state index contributed by atoms with van der Waals surface area (Å²) in [7, 11) is 0. The van der Waals surface area contributed by atoms with Crippen LogP contribution in [0.15, 0.2) is 18.3 Å². The van der Waals surface area contributed by atoms with E-state index in [4.69, 9.17) is 11.6 Å². The molecule has 4 nitrogen and oxygen atoms in total. The third kappa shape index (κ3) is 3.08. The Kier molecular flexibility index (Phi) is 4.44. The Hall–Kier alpha value is -0.840. The molecule has 2 atom stereocenters. The molecule has 3 rings (SSSR count). The van der Waals surface area contributed by atoms with E-state index in [0.717, 1.165) is 44.8 Å². The second-order valence-corrected chi connectivity index (χ2v) is 6.21. The minimum atomic E-state index is -0.135. The summed E-state index contributed by atoms with van der Waals surface area (Å²) in [6, 6.07) is 4.23. The minimum Gasteiger partial charge on any atom is -0.391 e. The van der Waals surface area contributed by atoms with Crippen LogP contribution < -0.4 is 4.90 Å². The SMILES string of the molecule is OC1CCCCC1N1CCN(c2ccc(Cl)cn2)CC1. The molecule has 1 aromatic heterocycles. The summed E-state index contributed by atoms with van der Waals surface area (Å²) in [4.78, 5) is 9.13. The molecule has 2 heterocycles. The van der Waals surface area contributed by atoms with Gasteiger partial charge in [0, 0.05) is 38.4 Å².